The smallest absolute Gasteiger partial charge is 0.329 e. The van der Waals surface area contributed by atoms with Gasteiger partial charge in [0.2, 0.25) is 6.41 Å². The lowest BCUT2D eigenvalue weighted by Crippen LogP contribution is -2.52. The van der Waals surface area contributed by atoms with Crippen molar-refractivity contribution in [2.24, 2.45) is 0 Å². The third kappa shape index (κ3) is 3.47. The van der Waals surface area contributed by atoms with E-state index in [1.165, 1.54) is 4.90 Å². The van der Waals surface area contributed by atoms with Gasteiger partial charge in [0, 0.05) is 6.54 Å². The van der Waals surface area contributed by atoms with Gasteiger partial charge in [-0.3, -0.25) is 4.79 Å². The molecule has 5 heteroatoms. The normalized spacial score (nSPS) is 13.6. The molecule has 5 nitrogen and oxygen atoms in total. The lowest BCUT2D eigenvalue weighted by atomic mass is 9.91. The van der Waals surface area contributed by atoms with Gasteiger partial charge in [-0.1, -0.05) is 12.1 Å². The van der Waals surface area contributed by atoms with Crippen molar-refractivity contribution >= 4 is 12.4 Å². The number of carboxylic acid groups (broad SMARTS) is 1. The molecular weight excluding hydrogens is 246 g/mol. The maximum absolute atomic E-state index is 11.4. The number of benzene rings is 1. The van der Waals surface area contributed by atoms with E-state index in [0.29, 0.717) is 25.8 Å². The van der Waals surface area contributed by atoms with Crippen molar-refractivity contribution in [3.8, 4) is 5.75 Å². The molecule has 0 fully saturated rings. The van der Waals surface area contributed by atoms with Gasteiger partial charge in [0.05, 0.1) is 0 Å². The molecule has 0 radical (unpaired) electrons. The number of phenolic OH excluding ortho intramolecular Hbond substituents is 1. The van der Waals surface area contributed by atoms with Gasteiger partial charge in [0.15, 0.2) is 0 Å². The number of phenols is 1. The molecule has 1 atom stereocenters. The molecule has 1 aromatic carbocycles. The van der Waals surface area contributed by atoms with Crippen LogP contribution in [0.5, 0.6) is 5.75 Å². The second-order valence-electron chi connectivity index (χ2n) is 4.64. The molecule has 0 aliphatic carbocycles. The van der Waals surface area contributed by atoms with E-state index in [0.717, 1.165) is 5.56 Å². The predicted molar refractivity (Wildman–Crippen MR) is 70.9 cm³/mol. The molecule has 0 saturated carbocycles. The predicted octanol–water partition coefficient (Wildman–Crippen LogP) is 1.65. The Morgan fingerprint density at radius 2 is 1.95 bits per heavy atom. The molecule has 1 aromatic rings. The summed E-state index contributed by atoms with van der Waals surface area (Å²) in [5, 5.41) is 18.5. The molecule has 0 aromatic heterocycles. The van der Waals surface area contributed by atoms with Crippen molar-refractivity contribution < 1.29 is 19.8 Å². The number of carbonyl (C=O) groups is 2. The number of aryl methyl sites for hydroxylation is 1. The summed E-state index contributed by atoms with van der Waals surface area (Å²) < 4.78 is 0. The van der Waals surface area contributed by atoms with Crippen LogP contribution in [-0.4, -0.2) is 39.6 Å². The fraction of sp³-hybridized carbons (Fsp3) is 0.429. The maximum atomic E-state index is 11.4. The minimum atomic E-state index is -1.21. The molecule has 0 spiro atoms. The van der Waals surface area contributed by atoms with Gasteiger partial charge in [0.25, 0.3) is 0 Å². The highest BCUT2D eigenvalue weighted by molar-refractivity contribution is 5.81. The van der Waals surface area contributed by atoms with Crippen LogP contribution in [0.4, 0.5) is 0 Å². The first-order valence-electron chi connectivity index (χ1n) is 6.17. The highest BCUT2D eigenvalue weighted by Crippen LogP contribution is 2.22. The molecule has 104 valence electrons. The molecule has 1 unspecified atom stereocenters. The SMILES string of the molecule is CCN(C=O)C(C)(CCc1ccc(O)cc1)C(=O)O. The molecule has 0 aliphatic heterocycles. The van der Waals surface area contributed by atoms with E-state index in [4.69, 9.17) is 0 Å². The third-order valence-corrected chi connectivity index (χ3v) is 3.40. The second-order valence-corrected chi connectivity index (χ2v) is 4.64. The van der Waals surface area contributed by atoms with Gasteiger partial charge in [-0.05, 0) is 44.4 Å². The maximum Gasteiger partial charge on any atom is 0.329 e. The Kier molecular flexibility index (Phi) is 4.92. The number of likely N-dealkylation sites (N-methyl/N-ethyl adjacent to an activating group) is 1. The quantitative estimate of drug-likeness (QED) is 0.735. The number of hydrogen-bond donors (Lipinski definition) is 2. The standard InChI is InChI=1S/C14H19NO4/c1-3-15(10-16)14(2,13(18)19)9-8-11-4-6-12(17)7-5-11/h4-7,10,17H,3,8-9H2,1-2H3,(H,18,19). The number of rotatable bonds is 7. The summed E-state index contributed by atoms with van der Waals surface area (Å²) in [4.78, 5) is 23.7. The molecule has 2 N–H and O–H groups in total. The van der Waals surface area contributed by atoms with Crippen molar-refractivity contribution in [3.63, 3.8) is 0 Å². The molecule has 0 saturated heterocycles. The molecule has 0 heterocycles. The van der Waals surface area contributed by atoms with E-state index in [1.54, 1.807) is 38.1 Å². The third-order valence-electron chi connectivity index (χ3n) is 3.40. The zero-order valence-electron chi connectivity index (χ0n) is 11.2. The summed E-state index contributed by atoms with van der Waals surface area (Å²) in [5.74, 6) is -0.840. The average Bonchev–Trinajstić information content (AvgIpc) is 2.39. The van der Waals surface area contributed by atoms with E-state index in [9.17, 15) is 19.8 Å². The summed E-state index contributed by atoms with van der Waals surface area (Å²) >= 11 is 0. The Morgan fingerprint density at radius 3 is 2.37 bits per heavy atom. The molecular formula is C14H19NO4. The van der Waals surface area contributed by atoms with Crippen LogP contribution < -0.4 is 0 Å². The van der Waals surface area contributed by atoms with Crippen molar-refractivity contribution in [3.05, 3.63) is 29.8 Å². The van der Waals surface area contributed by atoms with Crippen LogP contribution in [0.1, 0.15) is 25.8 Å². The number of carboxylic acids is 1. The minimum Gasteiger partial charge on any atom is -0.508 e. The fourth-order valence-electron chi connectivity index (χ4n) is 1.96. The Bertz CT molecular complexity index is 443. The number of aliphatic carboxylic acids is 1. The number of carbonyl (C=O) groups excluding carboxylic acids is 1. The lowest BCUT2D eigenvalue weighted by Gasteiger charge is -2.34. The molecule has 1 amide bonds. The van der Waals surface area contributed by atoms with E-state index in [1.807, 2.05) is 0 Å². The van der Waals surface area contributed by atoms with Gasteiger partial charge in [-0.15, -0.1) is 0 Å². The summed E-state index contributed by atoms with van der Waals surface area (Å²) in [6, 6.07) is 6.61. The van der Waals surface area contributed by atoms with Crippen LogP contribution >= 0.6 is 0 Å². The Balaban J connectivity index is 2.82. The van der Waals surface area contributed by atoms with Crippen molar-refractivity contribution in [1.29, 1.82) is 0 Å². The Labute approximate surface area is 112 Å². The zero-order chi connectivity index (χ0) is 14.5. The topological polar surface area (TPSA) is 77.8 Å². The summed E-state index contributed by atoms with van der Waals surface area (Å²) in [6.45, 7) is 3.64. The van der Waals surface area contributed by atoms with E-state index < -0.39 is 11.5 Å². The molecule has 19 heavy (non-hydrogen) atoms. The first kappa shape index (κ1) is 15.0. The number of nitrogens with zero attached hydrogens (tertiary/aromatic N) is 1. The van der Waals surface area contributed by atoms with Crippen molar-refractivity contribution in [1.82, 2.24) is 4.90 Å². The van der Waals surface area contributed by atoms with E-state index >= 15 is 0 Å². The first-order valence-corrected chi connectivity index (χ1v) is 6.17. The van der Waals surface area contributed by atoms with Gasteiger partial charge < -0.3 is 15.1 Å². The number of amides is 1. The molecule has 1 rings (SSSR count). The van der Waals surface area contributed by atoms with E-state index in [-0.39, 0.29) is 5.75 Å². The monoisotopic (exact) mass is 265 g/mol. The minimum absolute atomic E-state index is 0.174. The number of aromatic hydroxyl groups is 1. The van der Waals surface area contributed by atoms with Gasteiger partial charge in [-0.25, -0.2) is 4.79 Å². The van der Waals surface area contributed by atoms with Crippen LogP contribution in [0.25, 0.3) is 0 Å². The summed E-state index contributed by atoms with van der Waals surface area (Å²) in [6.07, 6.45) is 1.41. The number of hydrogen-bond acceptors (Lipinski definition) is 3. The van der Waals surface area contributed by atoms with Gasteiger partial charge in [-0.2, -0.15) is 0 Å². The largest absolute Gasteiger partial charge is 0.508 e. The Morgan fingerprint density at radius 1 is 1.37 bits per heavy atom. The van der Waals surface area contributed by atoms with E-state index in [2.05, 4.69) is 0 Å². The fourth-order valence-corrected chi connectivity index (χ4v) is 1.96. The van der Waals surface area contributed by atoms with Crippen LogP contribution in [0, 0.1) is 0 Å². The van der Waals surface area contributed by atoms with Crippen LogP contribution in [0.2, 0.25) is 0 Å². The van der Waals surface area contributed by atoms with Crippen molar-refractivity contribution in [2.45, 2.75) is 32.2 Å². The van der Waals surface area contributed by atoms with Gasteiger partial charge in [0.1, 0.15) is 11.3 Å². The summed E-state index contributed by atoms with van der Waals surface area (Å²) in [7, 11) is 0. The molecule has 0 aliphatic rings. The van der Waals surface area contributed by atoms with Crippen LogP contribution in [0.3, 0.4) is 0 Å². The summed E-state index contributed by atoms with van der Waals surface area (Å²) in [5.41, 5.74) is -0.291. The highest BCUT2D eigenvalue weighted by Gasteiger charge is 2.37. The Hall–Kier alpha value is -2.04. The van der Waals surface area contributed by atoms with Gasteiger partial charge >= 0.3 is 5.97 Å². The van der Waals surface area contributed by atoms with Crippen molar-refractivity contribution in [2.75, 3.05) is 6.54 Å². The molecule has 0 bridgehead atoms. The first-order chi connectivity index (χ1) is 8.93. The van der Waals surface area contributed by atoms with Crippen LogP contribution in [-0.2, 0) is 16.0 Å². The average molecular weight is 265 g/mol. The lowest BCUT2D eigenvalue weighted by molar-refractivity contribution is -0.154. The second kappa shape index (κ2) is 6.22. The zero-order valence-corrected chi connectivity index (χ0v) is 11.2. The highest BCUT2D eigenvalue weighted by atomic mass is 16.4. The van der Waals surface area contributed by atoms with Crippen LogP contribution in [0.15, 0.2) is 24.3 Å².